The molecule has 106 valence electrons. The van der Waals surface area contributed by atoms with Crippen LogP contribution in [0.25, 0.3) is 22.1 Å². The molecule has 0 amide bonds. The van der Waals surface area contributed by atoms with E-state index in [0.29, 0.717) is 10.0 Å². The third-order valence-corrected chi connectivity index (χ3v) is 3.45. The predicted octanol–water partition coefficient (Wildman–Crippen LogP) is 4.44. The Morgan fingerprint density at radius 1 is 1.00 bits per heavy atom. The van der Waals surface area contributed by atoms with Crippen LogP contribution in [0, 0.1) is 0 Å². The first-order chi connectivity index (χ1) is 10.1. The molecular weight excluding hydrogens is 307 g/mol. The van der Waals surface area contributed by atoms with E-state index in [9.17, 15) is 0 Å². The number of fused-ring (bicyclic) bond motifs is 2. The molecule has 0 atom stereocenters. The van der Waals surface area contributed by atoms with Gasteiger partial charge in [-0.25, -0.2) is 9.97 Å². The zero-order chi connectivity index (χ0) is 14.8. The van der Waals surface area contributed by atoms with Gasteiger partial charge in [0, 0.05) is 42.6 Å². The van der Waals surface area contributed by atoms with Crippen molar-refractivity contribution in [2.75, 3.05) is 0 Å². The third-order valence-electron chi connectivity index (χ3n) is 3.04. The van der Waals surface area contributed by atoms with E-state index in [4.69, 9.17) is 23.2 Å². The van der Waals surface area contributed by atoms with Crippen molar-refractivity contribution < 1.29 is 0 Å². The molecule has 0 aliphatic rings. The summed E-state index contributed by atoms with van der Waals surface area (Å²) < 4.78 is 1.96. The summed E-state index contributed by atoms with van der Waals surface area (Å²) in [5.74, 6) is 0. The first-order valence-corrected chi connectivity index (χ1v) is 7.04. The number of rotatable bonds is 0. The number of H-pyrrole nitrogens is 1. The van der Waals surface area contributed by atoms with Crippen LogP contribution >= 0.6 is 23.2 Å². The highest BCUT2D eigenvalue weighted by Gasteiger charge is 1.98. The molecule has 4 nitrogen and oxygen atoms in total. The van der Waals surface area contributed by atoms with E-state index >= 15 is 0 Å². The Balaban J connectivity index is 0.000000126. The van der Waals surface area contributed by atoms with Crippen molar-refractivity contribution in [1.82, 2.24) is 19.5 Å². The van der Waals surface area contributed by atoms with Crippen molar-refractivity contribution in [2.24, 2.45) is 7.05 Å². The summed E-state index contributed by atoms with van der Waals surface area (Å²) in [5.41, 5.74) is 1.85. The molecule has 4 rings (SSSR count). The van der Waals surface area contributed by atoms with E-state index in [-0.39, 0.29) is 0 Å². The van der Waals surface area contributed by atoms with E-state index in [0.717, 1.165) is 22.1 Å². The molecule has 0 aliphatic heterocycles. The van der Waals surface area contributed by atoms with Gasteiger partial charge in [-0.1, -0.05) is 23.2 Å². The Labute approximate surface area is 131 Å². The summed E-state index contributed by atoms with van der Waals surface area (Å²) in [6.45, 7) is 0. The van der Waals surface area contributed by atoms with Crippen molar-refractivity contribution >= 4 is 45.3 Å². The number of hydrogen-bond donors (Lipinski definition) is 1. The Bertz CT molecular complexity index is 895. The highest BCUT2D eigenvalue weighted by Crippen LogP contribution is 2.16. The molecule has 0 radical (unpaired) electrons. The second-order valence-corrected chi connectivity index (χ2v) is 5.43. The SMILES string of the molecule is Clc1cnc2[nH]ccc2c1.Cn1ccc2cc(Cl)cnc21. The minimum absolute atomic E-state index is 0.673. The van der Waals surface area contributed by atoms with Crippen LogP contribution in [-0.2, 0) is 7.05 Å². The molecule has 21 heavy (non-hydrogen) atoms. The quantitative estimate of drug-likeness (QED) is 0.521. The molecule has 4 aromatic heterocycles. The lowest BCUT2D eigenvalue weighted by molar-refractivity contribution is 0.948. The molecule has 6 heteroatoms. The smallest absolute Gasteiger partial charge is 0.139 e. The van der Waals surface area contributed by atoms with Crippen LogP contribution in [0.1, 0.15) is 0 Å². The van der Waals surface area contributed by atoms with Gasteiger partial charge in [0.25, 0.3) is 0 Å². The molecule has 0 aliphatic carbocycles. The van der Waals surface area contributed by atoms with Gasteiger partial charge in [0.05, 0.1) is 10.0 Å². The fourth-order valence-corrected chi connectivity index (χ4v) is 2.37. The summed E-state index contributed by atoms with van der Waals surface area (Å²) in [6.07, 6.45) is 7.09. The number of pyridine rings is 2. The van der Waals surface area contributed by atoms with E-state index in [2.05, 4.69) is 15.0 Å². The van der Waals surface area contributed by atoms with Crippen LogP contribution < -0.4 is 0 Å². The number of nitrogens with zero attached hydrogens (tertiary/aromatic N) is 3. The lowest BCUT2D eigenvalue weighted by Crippen LogP contribution is -1.86. The van der Waals surface area contributed by atoms with Crippen LogP contribution in [0.2, 0.25) is 10.0 Å². The van der Waals surface area contributed by atoms with Gasteiger partial charge in [0.1, 0.15) is 11.3 Å². The first-order valence-electron chi connectivity index (χ1n) is 6.29. The summed E-state index contributed by atoms with van der Waals surface area (Å²) in [6, 6.07) is 7.71. The molecule has 4 heterocycles. The number of halogens is 2. The Kier molecular flexibility index (Phi) is 3.82. The fraction of sp³-hybridized carbons (Fsp3) is 0.0667. The van der Waals surface area contributed by atoms with E-state index in [1.165, 1.54) is 0 Å². The maximum absolute atomic E-state index is 5.76. The molecule has 0 aromatic carbocycles. The zero-order valence-electron chi connectivity index (χ0n) is 11.2. The van der Waals surface area contributed by atoms with Crippen molar-refractivity contribution in [3.8, 4) is 0 Å². The number of hydrogen-bond acceptors (Lipinski definition) is 2. The third kappa shape index (κ3) is 3.01. The number of aromatic amines is 1. The van der Waals surface area contributed by atoms with E-state index < -0.39 is 0 Å². The number of aryl methyl sites for hydroxylation is 1. The maximum atomic E-state index is 5.76. The standard InChI is InChI=1S/C8H7ClN2.C7H5ClN2/c1-11-3-2-6-4-7(9)5-10-8(6)11;8-6-3-5-1-2-9-7(5)10-4-6/h2-5H,1H3;1-4H,(H,9,10). The summed E-state index contributed by atoms with van der Waals surface area (Å²) in [4.78, 5) is 11.2. The van der Waals surface area contributed by atoms with Crippen LogP contribution in [0.4, 0.5) is 0 Å². The molecule has 0 saturated heterocycles. The molecule has 0 saturated carbocycles. The van der Waals surface area contributed by atoms with Crippen molar-refractivity contribution in [3.63, 3.8) is 0 Å². The van der Waals surface area contributed by atoms with Crippen LogP contribution in [0.5, 0.6) is 0 Å². The summed E-state index contributed by atoms with van der Waals surface area (Å²) >= 11 is 11.5. The van der Waals surface area contributed by atoms with E-state index in [1.807, 2.05) is 48.3 Å². The Hall–Kier alpha value is -2.04. The average Bonchev–Trinajstić information content (AvgIpc) is 3.06. The van der Waals surface area contributed by atoms with Gasteiger partial charge in [-0.2, -0.15) is 0 Å². The van der Waals surface area contributed by atoms with Gasteiger partial charge in [-0.15, -0.1) is 0 Å². The van der Waals surface area contributed by atoms with Crippen LogP contribution in [0.3, 0.4) is 0 Å². The molecule has 0 fully saturated rings. The second kappa shape index (κ2) is 5.76. The van der Waals surface area contributed by atoms with Crippen LogP contribution in [-0.4, -0.2) is 19.5 Å². The van der Waals surface area contributed by atoms with Gasteiger partial charge in [-0.3, -0.25) is 0 Å². The first kappa shape index (κ1) is 13.9. The minimum atomic E-state index is 0.673. The van der Waals surface area contributed by atoms with Gasteiger partial charge in [0.2, 0.25) is 0 Å². The van der Waals surface area contributed by atoms with Gasteiger partial charge < -0.3 is 9.55 Å². The largest absolute Gasteiger partial charge is 0.346 e. The van der Waals surface area contributed by atoms with Crippen molar-refractivity contribution in [1.29, 1.82) is 0 Å². The normalized spacial score (nSPS) is 10.6. The molecule has 0 unspecified atom stereocenters. The van der Waals surface area contributed by atoms with E-state index in [1.54, 1.807) is 12.4 Å². The number of aromatic nitrogens is 4. The molecule has 1 N–H and O–H groups in total. The zero-order valence-corrected chi connectivity index (χ0v) is 12.7. The minimum Gasteiger partial charge on any atom is -0.346 e. The van der Waals surface area contributed by atoms with Crippen LogP contribution in [0.15, 0.2) is 49.1 Å². The molecule has 0 spiro atoms. The summed E-state index contributed by atoms with van der Waals surface area (Å²) in [5, 5.41) is 3.49. The topological polar surface area (TPSA) is 46.5 Å². The predicted molar refractivity (Wildman–Crippen MR) is 86.8 cm³/mol. The monoisotopic (exact) mass is 318 g/mol. The maximum Gasteiger partial charge on any atom is 0.139 e. The van der Waals surface area contributed by atoms with Gasteiger partial charge in [0.15, 0.2) is 0 Å². The van der Waals surface area contributed by atoms with Crippen molar-refractivity contribution in [2.45, 2.75) is 0 Å². The Morgan fingerprint density at radius 2 is 1.71 bits per heavy atom. The molecule has 4 aromatic rings. The van der Waals surface area contributed by atoms with Crippen molar-refractivity contribution in [3.05, 3.63) is 59.1 Å². The Morgan fingerprint density at radius 3 is 2.52 bits per heavy atom. The fourth-order valence-electron chi connectivity index (χ4n) is 2.04. The summed E-state index contributed by atoms with van der Waals surface area (Å²) in [7, 11) is 1.96. The molecular formula is C15H12Cl2N4. The van der Waals surface area contributed by atoms with Gasteiger partial charge >= 0.3 is 0 Å². The van der Waals surface area contributed by atoms with Gasteiger partial charge in [-0.05, 0) is 24.3 Å². The molecule has 0 bridgehead atoms. The average molecular weight is 319 g/mol. The lowest BCUT2D eigenvalue weighted by Gasteiger charge is -1.93. The number of nitrogens with one attached hydrogen (secondary N) is 1. The highest BCUT2D eigenvalue weighted by atomic mass is 35.5. The lowest BCUT2D eigenvalue weighted by atomic mass is 10.3. The highest BCUT2D eigenvalue weighted by molar-refractivity contribution is 6.31. The second-order valence-electron chi connectivity index (χ2n) is 4.56.